The molecule has 2 heterocycles. The van der Waals surface area contributed by atoms with E-state index in [-0.39, 0.29) is 6.04 Å². The van der Waals surface area contributed by atoms with E-state index in [2.05, 4.69) is 4.90 Å². The van der Waals surface area contributed by atoms with Gasteiger partial charge in [0, 0.05) is 18.2 Å². The zero-order valence-corrected chi connectivity index (χ0v) is 11.6. The molecule has 1 aromatic rings. The van der Waals surface area contributed by atoms with E-state index in [1.807, 2.05) is 31.2 Å². The highest BCUT2D eigenvalue weighted by atomic mass is 16.5. The van der Waals surface area contributed by atoms with E-state index in [1.165, 1.54) is 12.8 Å². The number of piperidine rings is 1. The molecular formula is C16H23NO2. The Hall–Kier alpha value is -1.06. The second kappa shape index (κ2) is 5.14. The van der Waals surface area contributed by atoms with Gasteiger partial charge >= 0.3 is 0 Å². The van der Waals surface area contributed by atoms with Gasteiger partial charge in [0.2, 0.25) is 0 Å². The van der Waals surface area contributed by atoms with Crippen molar-refractivity contribution in [3.63, 3.8) is 0 Å². The minimum absolute atomic E-state index is 0.267. The summed E-state index contributed by atoms with van der Waals surface area (Å²) in [6.45, 7) is 4.76. The quantitative estimate of drug-likeness (QED) is 0.907. The van der Waals surface area contributed by atoms with Crippen molar-refractivity contribution in [3.8, 4) is 5.75 Å². The normalized spacial score (nSPS) is 31.2. The maximum absolute atomic E-state index is 11.2. The summed E-state index contributed by atoms with van der Waals surface area (Å²) in [4.78, 5) is 2.45. The molecule has 3 rings (SSSR count). The minimum Gasteiger partial charge on any atom is -0.493 e. The van der Waals surface area contributed by atoms with Crippen LogP contribution < -0.4 is 4.74 Å². The summed E-state index contributed by atoms with van der Waals surface area (Å²) in [5.41, 5.74) is 0.248. The molecule has 2 saturated heterocycles. The van der Waals surface area contributed by atoms with Crippen molar-refractivity contribution in [1.29, 1.82) is 0 Å². The molecule has 2 unspecified atom stereocenters. The molecule has 2 atom stereocenters. The van der Waals surface area contributed by atoms with Gasteiger partial charge in [-0.15, -0.1) is 0 Å². The van der Waals surface area contributed by atoms with E-state index < -0.39 is 5.60 Å². The van der Waals surface area contributed by atoms with Gasteiger partial charge in [0.1, 0.15) is 11.4 Å². The topological polar surface area (TPSA) is 32.7 Å². The molecule has 1 N–H and O–H groups in total. The molecule has 2 aliphatic rings. The Bertz CT molecular complexity index is 448. The van der Waals surface area contributed by atoms with E-state index >= 15 is 0 Å². The van der Waals surface area contributed by atoms with Crippen LogP contribution in [0.3, 0.4) is 0 Å². The first-order valence-electron chi connectivity index (χ1n) is 7.44. The predicted octanol–water partition coefficient (Wildman–Crippen LogP) is 2.53. The molecule has 0 aromatic heterocycles. The zero-order chi connectivity index (χ0) is 13.3. The van der Waals surface area contributed by atoms with Gasteiger partial charge in [-0.25, -0.2) is 0 Å². The monoisotopic (exact) mass is 261 g/mol. The second-order valence-corrected chi connectivity index (χ2v) is 5.65. The van der Waals surface area contributed by atoms with Gasteiger partial charge in [-0.3, -0.25) is 4.90 Å². The number of aliphatic hydroxyl groups is 1. The minimum atomic E-state index is -0.730. The van der Waals surface area contributed by atoms with Crippen LogP contribution in [0, 0.1) is 0 Å². The highest BCUT2D eigenvalue weighted by Crippen LogP contribution is 2.45. The SMILES string of the molecule is CCOc1ccccc1C1(O)CCN2CCCCC21. The van der Waals surface area contributed by atoms with Gasteiger partial charge in [0.15, 0.2) is 0 Å². The van der Waals surface area contributed by atoms with Crippen LogP contribution >= 0.6 is 0 Å². The van der Waals surface area contributed by atoms with Gasteiger partial charge in [-0.1, -0.05) is 24.6 Å². The van der Waals surface area contributed by atoms with Crippen LogP contribution in [0.1, 0.15) is 38.2 Å². The number of para-hydroxylation sites is 1. The van der Waals surface area contributed by atoms with Crippen LogP contribution in [0.25, 0.3) is 0 Å². The Kier molecular flexibility index (Phi) is 3.50. The van der Waals surface area contributed by atoms with Crippen molar-refractivity contribution in [3.05, 3.63) is 29.8 Å². The lowest BCUT2D eigenvalue weighted by atomic mass is 9.82. The van der Waals surface area contributed by atoms with E-state index in [9.17, 15) is 5.11 Å². The summed E-state index contributed by atoms with van der Waals surface area (Å²) >= 11 is 0. The average molecular weight is 261 g/mol. The summed E-state index contributed by atoms with van der Waals surface area (Å²) in [6, 6.07) is 8.25. The van der Waals surface area contributed by atoms with Crippen LogP contribution in [0.4, 0.5) is 0 Å². The van der Waals surface area contributed by atoms with E-state index in [4.69, 9.17) is 4.74 Å². The van der Waals surface area contributed by atoms with Gasteiger partial charge in [-0.05, 0) is 38.8 Å². The first-order chi connectivity index (χ1) is 9.25. The third kappa shape index (κ3) is 2.15. The van der Waals surface area contributed by atoms with Crippen LogP contribution in [-0.2, 0) is 5.60 Å². The lowest BCUT2D eigenvalue weighted by Crippen LogP contribution is -2.45. The molecule has 104 valence electrons. The summed E-state index contributed by atoms with van der Waals surface area (Å²) in [7, 11) is 0. The van der Waals surface area contributed by atoms with E-state index in [1.54, 1.807) is 0 Å². The molecule has 3 heteroatoms. The Morgan fingerprint density at radius 3 is 3.00 bits per heavy atom. The van der Waals surface area contributed by atoms with Gasteiger partial charge in [-0.2, -0.15) is 0 Å². The van der Waals surface area contributed by atoms with Crippen LogP contribution in [0.15, 0.2) is 24.3 Å². The van der Waals surface area contributed by atoms with Crippen molar-refractivity contribution >= 4 is 0 Å². The summed E-state index contributed by atoms with van der Waals surface area (Å²) in [5.74, 6) is 0.847. The van der Waals surface area contributed by atoms with E-state index in [0.29, 0.717) is 6.61 Å². The zero-order valence-electron chi connectivity index (χ0n) is 11.6. The molecule has 19 heavy (non-hydrogen) atoms. The molecule has 2 aliphatic heterocycles. The lowest BCUT2D eigenvalue weighted by Gasteiger charge is -2.38. The van der Waals surface area contributed by atoms with Crippen molar-refractivity contribution in [1.82, 2.24) is 4.90 Å². The molecule has 0 saturated carbocycles. The standard InChI is InChI=1S/C16H23NO2/c1-2-19-14-8-4-3-7-13(14)16(18)10-12-17-11-6-5-9-15(16)17/h3-4,7-8,15,18H,2,5-6,9-12H2,1H3. The lowest BCUT2D eigenvalue weighted by molar-refractivity contribution is -0.0157. The first-order valence-corrected chi connectivity index (χ1v) is 7.44. The smallest absolute Gasteiger partial charge is 0.125 e. The molecule has 0 bridgehead atoms. The summed E-state index contributed by atoms with van der Waals surface area (Å²) in [6.07, 6.45) is 4.40. The van der Waals surface area contributed by atoms with Gasteiger partial charge in [0.05, 0.1) is 6.61 Å². The highest BCUT2D eigenvalue weighted by Gasteiger charge is 2.48. The molecule has 1 aromatic carbocycles. The first kappa shape index (κ1) is 12.9. The van der Waals surface area contributed by atoms with Crippen molar-refractivity contribution < 1.29 is 9.84 Å². The third-order valence-corrected chi connectivity index (χ3v) is 4.60. The third-order valence-electron chi connectivity index (χ3n) is 4.60. The second-order valence-electron chi connectivity index (χ2n) is 5.65. The number of benzene rings is 1. The van der Waals surface area contributed by atoms with Crippen molar-refractivity contribution in [2.45, 2.75) is 44.2 Å². The molecule has 0 aliphatic carbocycles. The van der Waals surface area contributed by atoms with Crippen LogP contribution in [0.2, 0.25) is 0 Å². The molecule has 0 spiro atoms. The Balaban J connectivity index is 1.96. The largest absolute Gasteiger partial charge is 0.493 e. The fourth-order valence-corrected chi connectivity index (χ4v) is 3.70. The summed E-state index contributed by atoms with van der Waals surface area (Å²) in [5, 5.41) is 11.2. The molecule has 0 radical (unpaired) electrons. The average Bonchev–Trinajstić information content (AvgIpc) is 2.79. The fourth-order valence-electron chi connectivity index (χ4n) is 3.70. The van der Waals surface area contributed by atoms with Crippen LogP contribution in [-0.4, -0.2) is 35.7 Å². The molecule has 2 fully saturated rings. The number of nitrogens with zero attached hydrogens (tertiary/aromatic N) is 1. The molecular weight excluding hydrogens is 238 g/mol. The van der Waals surface area contributed by atoms with Crippen LogP contribution in [0.5, 0.6) is 5.75 Å². The maximum atomic E-state index is 11.2. The number of hydrogen-bond acceptors (Lipinski definition) is 3. The summed E-state index contributed by atoms with van der Waals surface area (Å²) < 4.78 is 5.72. The van der Waals surface area contributed by atoms with Gasteiger partial charge in [0.25, 0.3) is 0 Å². The maximum Gasteiger partial charge on any atom is 0.125 e. The van der Waals surface area contributed by atoms with Crippen molar-refractivity contribution in [2.75, 3.05) is 19.7 Å². The van der Waals surface area contributed by atoms with Gasteiger partial charge < -0.3 is 9.84 Å². The Morgan fingerprint density at radius 2 is 2.16 bits per heavy atom. The van der Waals surface area contributed by atoms with Crippen molar-refractivity contribution in [2.24, 2.45) is 0 Å². The number of fused-ring (bicyclic) bond motifs is 1. The number of rotatable bonds is 3. The molecule has 0 amide bonds. The Morgan fingerprint density at radius 1 is 1.32 bits per heavy atom. The Labute approximate surface area is 115 Å². The predicted molar refractivity (Wildman–Crippen MR) is 75.3 cm³/mol. The fraction of sp³-hybridized carbons (Fsp3) is 0.625. The number of ether oxygens (including phenoxy) is 1. The molecule has 3 nitrogen and oxygen atoms in total. The highest BCUT2D eigenvalue weighted by molar-refractivity contribution is 5.40. The van der Waals surface area contributed by atoms with E-state index in [0.717, 1.165) is 37.2 Å². The number of hydrogen-bond donors (Lipinski definition) is 1.